The minimum absolute atomic E-state index is 0.0797. The molecule has 14 heavy (non-hydrogen) atoms. The normalized spacial score (nSPS) is 10.2. The number of rotatable bonds is 5. The van der Waals surface area contributed by atoms with E-state index in [0.717, 1.165) is 17.7 Å². The third kappa shape index (κ3) is 3.04. The third-order valence-electron chi connectivity index (χ3n) is 2.26. The van der Waals surface area contributed by atoms with E-state index < -0.39 is 0 Å². The number of hydrogen-bond acceptors (Lipinski definition) is 2. The van der Waals surface area contributed by atoms with E-state index in [0.29, 0.717) is 0 Å². The lowest BCUT2D eigenvalue weighted by atomic mass is 10.1. The minimum Gasteiger partial charge on any atom is -0.497 e. The van der Waals surface area contributed by atoms with Crippen LogP contribution in [-0.4, -0.2) is 12.2 Å². The van der Waals surface area contributed by atoms with Crippen molar-refractivity contribution in [3.63, 3.8) is 0 Å². The van der Waals surface area contributed by atoms with Crippen molar-refractivity contribution in [1.82, 2.24) is 0 Å². The summed E-state index contributed by atoms with van der Waals surface area (Å²) >= 11 is 0. The number of aryl methyl sites for hydroxylation is 1. The highest BCUT2D eigenvalue weighted by Crippen LogP contribution is 2.18. The molecule has 0 aliphatic heterocycles. The van der Waals surface area contributed by atoms with Gasteiger partial charge in [-0.25, -0.2) is 0 Å². The van der Waals surface area contributed by atoms with Crippen LogP contribution in [0.4, 0.5) is 0 Å². The molecule has 0 unspecified atom stereocenters. The summed E-state index contributed by atoms with van der Waals surface area (Å²) in [6.45, 7) is 2.25. The van der Waals surface area contributed by atoms with Gasteiger partial charge in [0.2, 0.25) is 0 Å². The molecule has 0 fully saturated rings. The summed E-state index contributed by atoms with van der Waals surface area (Å²) in [5.74, 6) is 0.836. The molecular weight excluding hydrogens is 176 g/mol. The molecule has 2 heteroatoms. The van der Waals surface area contributed by atoms with Crippen LogP contribution in [0.15, 0.2) is 18.2 Å². The first-order valence-corrected chi connectivity index (χ1v) is 5.07. The van der Waals surface area contributed by atoms with Gasteiger partial charge in [-0.15, -0.1) is 0 Å². The molecule has 1 aromatic rings. The van der Waals surface area contributed by atoms with Gasteiger partial charge in [0.25, 0.3) is 0 Å². The summed E-state index contributed by atoms with van der Waals surface area (Å²) in [5, 5.41) is 9.05. The first kappa shape index (κ1) is 11.1. The number of hydrogen-bond donors (Lipinski definition) is 1. The van der Waals surface area contributed by atoms with E-state index in [2.05, 4.69) is 6.92 Å². The van der Waals surface area contributed by atoms with Crippen LogP contribution in [0.5, 0.6) is 5.75 Å². The number of unbranched alkanes of at least 4 members (excludes halogenated alkanes) is 1. The number of ether oxygens (including phenoxy) is 1. The molecule has 0 bridgehead atoms. The van der Waals surface area contributed by atoms with Gasteiger partial charge in [0, 0.05) is 0 Å². The van der Waals surface area contributed by atoms with Gasteiger partial charge in [-0.2, -0.15) is 0 Å². The molecule has 0 atom stereocenters. The maximum absolute atomic E-state index is 9.05. The molecule has 0 spiro atoms. The van der Waals surface area contributed by atoms with E-state index in [1.807, 2.05) is 18.2 Å². The summed E-state index contributed by atoms with van der Waals surface area (Å²) in [4.78, 5) is 0. The van der Waals surface area contributed by atoms with Gasteiger partial charge in [0.15, 0.2) is 0 Å². The predicted molar refractivity (Wildman–Crippen MR) is 57.5 cm³/mol. The fourth-order valence-corrected chi connectivity index (χ4v) is 1.46. The summed E-state index contributed by atoms with van der Waals surface area (Å²) in [6.07, 6.45) is 3.42. The fourth-order valence-electron chi connectivity index (χ4n) is 1.46. The highest BCUT2D eigenvalue weighted by molar-refractivity contribution is 5.34. The predicted octanol–water partition coefficient (Wildman–Crippen LogP) is 2.53. The summed E-state index contributed by atoms with van der Waals surface area (Å²) < 4.78 is 5.17. The van der Waals surface area contributed by atoms with Gasteiger partial charge in [-0.3, -0.25) is 0 Å². The summed E-state index contributed by atoms with van der Waals surface area (Å²) in [6, 6.07) is 5.95. The Morgan fingerprint density at radius 2 is 1.93 bits per heavy atom. The lowest BCUT2D eigenvalue weighted by Crippen LogP contribution is -1.92. The van der Waals surface area contributed by atoms with E-state index in [4.69, 9.17) is 9.84 Å². The molecular formula is C12H18O2. The Labute approximate surface area is 85.5 Å². The van der Waals surface area contributed by atoms with E-state index in [1.54, 1.807) is 7.11 Å². The first-order chi connectivity index (χ1) is 6.80. The number of aliphatic hydroxyl groups is 1. The molecule has 1 N–H and O–H groups in total. The average molecular weight is 194 g/mol. The Morgan fingerprint density at radius 3 is 2.50 bits per heavy atom. The van der Waals surface area contributed by atoms with Crippen LogP contribution in [0.2, 0.25) is 0 Å². The Balaban J connectivity index is 2.81. The van der Waals surface area contributed by atoms with E-state index in [1.165, 1.54) is 18.4 Å². The van der Waals surface area contributed by atoms with E-state index >= 15 is 0 Å². The van der Waals surface area contributed by atoms with Gasteiger partial charge in [-0.1, -0.05) is 19.4 Å². The molecule has 0 aliphatic carbocycles. The average Bonchev–Trinajstić information content (AvgIpc) is 2.25. The second-order valence-corrected chi connectivity index (χ2v) is 3.45. The quantitative estimate of drug-likeness (QED) is 0.780. The van der Waals surface area contributed by atoms with Crippen LogP contribution < -0.4 is 4.74 Å². The van der Waals surface area contributed by atoms with Crippen LogP contribution in [0.1, 0.15) is 30.9 Å². The van der Waals surface area contributed by atoms with Crippen molar-refractivity contribution in [3.8, 4) is 5.75 Å². The zero-order valence-electron chi connectivity index (χ0n) is 8.92. The van der Waals surface area contributed by atoms with Crippen molar-refractivity contribution in [3.05, 3.63) is 29.3 Å². The smallest absolute Gasteiger partial charge is 0.119 e. The monoisotopic (exact) mass is 194 g/mol. The van der Waals surface area contributed by atoms with Gasteiger partial charge in [0.05, 0.1) is 13.7 Å². The summed E-state index contributed by atoms with van der Waals surface area (Å²) in [7, 11) is 1.65. The molecule has 0 saturated heterocycles. The van der Waals surface area contributed by atoms with E-state index in [9.17, 15) is 0 Å². The highest BCUT2D eigenvalue weighted by Gasteiger charge is 2.00. The molecule has 0 heterocycles. The Morgan fingerprint density at radius 1 is 1.21 bits per heavy atom. The van der Waals surface area contributed by atoms with Crippen LogP contribution in [0.3, 0.4) is 0 Å². The van der Waals surface area contributed by atoms with Crippen molar-refractivity contribution in [2.24, 2.45) is 0 Å². The lowest BCUT2D eigenvalue weighted by molar-refractivity contribution is 0.281. The molecule has 78 valence electrons. The maximum atomic E-state index is 9.05. The second kappa shape index (κ2) is 5.66. The molecule has 0 radical (unpaired) electrons. The van der Waals surface area contributed by atoms with Crippen LogP contribution >= 0.6 is 0 Å². The third-order valence-corrected chi connectivity index (χ3v) is 2.26. The van der Waals surface area contributed by atoms with Crippen LogP contribution in [0, 0.1) is 0 Å². The van der Waals surface area contributed by atoms with Crippen molar-refractivity contribution in [2.75, 3.05) is 7.11 Å². The second-order valence-electron chi connectivity index (χ2n) is 3.45. The molecule has 0 aliphatic rings. The van der Waals surface area contributed by atoms with Crippen molar-refractivity contribution >= 4 is 0 Å². The molecule has 2 nitrogen and oxygen atoms in total. The zero-order chi connectivity index (χ0) is 10.4. The molecule has 0 saturated carbocycles. The topological polar surface area (TPSA) is 29.5 Å². The van der Waals surface area contributed by atoms with E-state index in [-0.39, 0.29) is 6.61 Å². The van der Waals surface area contributed by atoms with Crippen LogP contribution in [-0.2, 0) is 13.0 Å². The standard InChI is InChI=1S/C12H18O2/c1-3-4-5-10-6-11(9-13)8-12(7-10)14-2/h6-8,13H,3-5,9H2,1-2H3. The molecule has 0 aromatic heterocycles. The Bertz CT molecular complexity index is 259. The zero-order valence-corrected chi connectivity index (χ0v) is 8.92. The Kier molecular flexibility index (Phi) is 4.47. The van der Waals surface area contributed by atoms with Crippen LogP contribution in [0.25, 0.3) is 0 Å². The van der Waals surface area contributed by atoms with Gasteiger partial charge >= 0.3 is 0 Å². The minimum atomic E-state index is 0.0797. The molecule has 0 amide bonds. The highest BCUT2D eigenvalue weighted by atomic mass is 16.5. The van der Waals surface area contributed by atoms with Gasteiger partial charge in [0.1, 0.15) is 5.75 Å². The van der Waals surface area contributed by atoms with Crippen molar-refractivity contribution in [2.45, 2.75) is 32.8 Å². The number of aliphatic hydroxyl groups excluding tert-OH is 1. The lowest BCUT2D eigenvalue weighted by Gasteiger charge is -2.07. The molecule has 1 rings (SSSR count). The van der Waals surface area contributed by atoms with Crippen molar-refractivity contribution in [1.29, 1.82) is 0 Å². The number of methoxy groups -OCH3 is 1. The fraction of sp³-hybridized carbons (Fsp3) is 0.500. The van der Waals surface area contributed by atoms with Crippen molar-refractivity contribution < 1.29 is 9.84 Å². The largest absolute Gasteiger partial charge is 0.497 e. The first-order valence-electron chi connectivity index (χ1n) is 5.07. The number of benzene rings is 1. The summed E-state index contributed by atoms with van der Waals surface area (Å²) in [5.41, 5.74) is 2.17. The van der Waals surface area contributed by atoms with Gasteiger partial charge in [-0.05, 0) is 36.1 Å². The van der Waals surface area contributed by atoms with Gasteiger partial charge < -0.3 is 9.84 Å². The SMILES string of the molecule is CCCCc1cc(CO)cc(OC)c1. The molecule has 1 aromatic carbocycles. The Hall–Kier alpha value is -1.02. The maximum Gasteiger partial charge on any atom is 0.119 e.